The Morgan fingerprint density at radius 3 is 1.85 bits per heavy atom. The van der Waals surface area contributed by atoms with Crippen molar-refractivity contribution in [2.24, 2.45) is 11.5 Å². The van der Waals surface area contributed by atoms with Gasteiger partial charge in [0.15, 0.2) is 5.78 Å². The molecule has 14 heteroatoms. The molecule has 0 rings (SSSR count). The molecule has 0 radical (unpaired) electrons. The topological polar surface area (TPSA) is 210 Å². The average molecular weight is 562 g/mol. The van der Waals surface area contributed by atoms with Crippen LogP contribution in [0, 0.1) is 0 Å². The second kappa shape index (κ2) is 25.6. The molecule has 7 N–H and O–H groups in total. The zero-order chi connectivity index (χ0) is 29.1. The van der Waals surface area contributed by atoms with Gasteiger partial charge in [0.1, 0.15) is 6.04 Å². The van der Waals surface area contributed by atoms with Gasteiger partial charge < -0.3 is 46.4 Å². The monoisotopic (exact) mass is 561 g/mol. The lowest BCUT2D eigenvalue weighted by atomic mass is 10.1. The first-order valence-corrected chi connectivity index (χ1v) is 13.4. The van der Waals surface area contributed by atoms with Gasteiger partial charge in [-0.25, -0.2) is 0 Å². The van der Waals surface area contributed by atoms with Crippen LogP contribution in [0.4, 0.5) is 0 Å². The van der Waals surface area contributed by atoms with Crippen molar-refractivity contribution in [3.8, 4) is 0 Å². The smallest absolute Gasteiger partial charge is 0.239 e. The summed E-state index contributed by atoms with van der Waals surface area (Å²) >= 11 is 0. The third-order valence-electron chi connectivity index (χ3n) is 5.22. The number of primary amides is 1. The first-order chi connectivity index (χ1) is 18.8. The van der Waals surface area contributed by atoms with Crippen molar-refractivity contribution < 1.29 is 42.9 Å². The van der Waals surface area contributed by atoms with Crippen molar-refractivity contribution in [3.05, 3.63) is 0 Å². The fourth-order valence-corrected chi connectivity index (χ4v) is 2.99. The second-order valence-corrected chi connectivity index (χ2v) is 8.53. The first-order valence-electron chi connectivity index (χ1n) is 13.4. The summed E-state index contributed by atoms with van der Waals surface area (Å²) in [6.45, 7) is 5.18. The van der Waals surface area contributed by atoms with Crippen molar-refractivity contribution in [2.45, 2.75) is 57.9 Å². The van der Waals surface area contributed by atoms with Gasteiger partial charge in [-0.15, -0.1) is 0 Å². The van der Waals surface area contributed by atoms with E-state index < -0.39 is 11.9 Å². The van der Waals surface area contributed by atoms with Crippen LogP contribution in [0.2, 0.25) is 0 Å². The maximum absolute atomic E-state index is 11.9. The van der Waals surface area contributed by atoms with Gasteiger partial charge in [0, 0.05) is 32.2 Å². The summed E-state index contributed by atoms with van der Waals surface area (Å²) in [7, 11) is 0. The van der Waals surface area contributed by atoms with Crippen LogP contribution < -0.4 is 27.4 Å². The second-order valence-electron chi connectivity index (χ2n) is 8.53. The summed E-state index contributed by atoms with van der Waals surface area (Å²) in [6, 6.07) is -0.694. The number of carbonyl (C=O) groups excluding carboxylic acids is 5. The summed E-state index contributed by atoms with van der Waals surface area (Å²) in [5.74, 6) is -1.50. The average Bonchev–Trinajstić information content (AvgIpc) is 2.91. The summed E-state index contributed by atoms with van der Waals surface area (Å²) in [5.41, 5.74) is 10.7. The SMILES string of the molecule is CCC(=O)NCC(=O)CCC(=O)NCCOCCOCCOCCOCCC(=O)NC(CCCCN)C(N)=O. The van der Waals surface area contributed by atoms with Gasteiger partial charge in [-0.3, -0.25) is 24.0 Å². The van der Waals surface area contributed by atoms with Crippen LogP contribution >= 0.6 is 0 Å². The van der Waals surface area contributed by atoms with Crippen LogP contribution in [-0.4, -0.2) is 108 Å². The molecule has 0 bridgehead atoms. The molecule has 0 spiro atoms. The van der Waals surface area contributed by atoms with Crippen molar-refractivity contribution >= 4 is 29.4 Å². The quantitative estimate of drug-likeness (QED) is 0.0735. The molecule has 0 aromatic heterocycles. The largest absolute Gasteiger partial charge is 0.379 e. The zero-order valence-corrected chi connectivity index (χ0v) is 23.1. The molecule has 0 saturated heterocycles. The van der Waals surface area contributed by atoms with Gasteiger partial charge in [0.2, 0.25) is 23.6 Å². The molecule has 14 nitrogen and oxygen atoms in total. The van der Waals surface area contributed by atoms with E-state index in [1.165, 1.54) is 0 Å². The highest BCUT2D eigenvalue weighted by molar-refractivity contribution is 5.89. The molecule has 1 atom stereocenters. The number of nitrogens with one attached hydrogen (secondary N) is 3. The number of Topliss-reactive ketones (excluding diaryl/α,β-unsaturated/α-hetero) is 1. The normalized spacial score (nSPS) is 11.5. The molecule has 39 heavy (non-hydrogen) atoms. The van der Waals surface area contributed by atoms with E-state index >= 15 is 0 Å². The van der Waals surface area contributed by atoms with Crippen molar-refractivity contribution in [1.82, 2.24) is 16.0 Å². The van der Waals surface area contributed by atoms with Crippen LogP contribution in [0.5, 0.6) is 0 Å². The van der Waals surface area contributed by atoms with Gasteiger partial charge in [0.25, 0.3) is 0 Å². The van der Waals surface area contributed by atoms with Crippen LogP contribution in [0.25, 0.3) is 0 Å². The molecule has 0 saturated carbocycles. The Morgan fingerprint density at radius 2 is 1.28 bits per heavy atom. The van der Waals surface area contributed by atoms with E-state index in [2.05, 4.69) is 16.0 Å². The van der Waals surface area contributed by atoms with Crippen molar-refractivity contribution in [2.75, 3.05) is 72.5 Å². The Balaban J connectivity index is 3.47. The Morgan fingerprint density at radius 1 is 0.692 bits per heavy atom. The molecule has 226 valence electrons. The molecule has 0 aromatic carbocycles. The summed E-state index contributed by atoms with van der Waals surface area (Å²) in [4.78, 5) is 57.7. The summed E-state index contributed by atoms with van der Waals surface area (Å²) in [6.07, 6.45) is 2.51. The fourth-order valence-electron chi connectivity index (χ4n) is 2.99. The molecule has 0 heterocycles. The van der Waals surface area contributed by atoms with Gasteiger partial charge in [-0.2, -0.15) is 0 Å². The maximum atomic E-state index is 11.9. The third-order valence-corrected chi connectivity index (χ3v) is 5.22. The zero-order valence-electron chi connectivity index (χ0n) is 23.1. The van der Waals surface area contributed by atoms with E-state index in [9.17, 15) is 24.0 Å². The number of nitrogens with two attached hydrogens (primary N) is 2. The number of unbranched alkanes of at least 4 members (excludes halogenated alkanes) is 1. The van der Waals surface area contributed by atoms with E-state index in [4.69, 9.17) is 30.4 Å². The van der Waals surface area contributed by atoms with Gasteiger partial charge >= 0.3 is 0 Å². The highest BCUT2D eigenvalue weighted by atomic mass is 16.6. The lowest BCUT2D eigenvalue weighted by Gasteiger charge is -2.15. The molecular formula is C25H47N5O9. The van der Waals surface area contributed by atoms with E-state index in [1.54, 1.807) is 6.92 Å². The fraction of sp³-hybridized carbons (Fsp3) is 0.800. The molecule has 1 unspecified atom stereocenters. The van der Waals surface area contributed by atoms with Crippen LogP contribution in [-0.2, 0) is 42.9 Å². The van der Waals surface area contributed by atoms with Gasteiger partial charge in [-0.1, -0.05) is 6.92 Å². The molecule has 0 aromatic rings. The minimum Gasteiger partial charge on any atom is -0.379 e. The minimum atomic E-state index is -0.694. The lowest BCUT2D eigenvalue weighted by molar-refractivity contribution is -0.128. The van der Waals surface area contributed by atoms with E-state index in [0.29, 0.717) is 78.6 Å². The predicted octanol–water partition coefficient (Wildman–Crippen LogP) is -1.47. The highest BCUT2D eigenvalue weighted by Crippen LogP contribution is 2.00. The Kier molecular flexibility index (Phi) is 23.9. The highest BCUT2D eigenvalue weighted by Gasteiger charge is 2.17. The van der Waals surface area contributed by atoms with Crippen LogP contribution in [0.15, 0.2) is 0 Å². The number of ketones is 1. The Hall–Kier alpha value is -2.65. The van der Waals surface area contributed by atoms with E-state index in [0.717, 1.165) is 6.42 Å². The third kappa shape index (κ3) is 24.1. The number of hydrogen-bond donors (Lipinski definition) is 5. The number of carbonyl (C=O) groups is 5. The predicted molar refractivity (Wildman–Crippen MR) is 142 cm³/mol. The van der Waals surface area contributed by atoms with Gasteiger partial charge in [0.05, 0.1) is 59.4 Å². The molecule has 4 amide bonds. The Bertz CT molecular complexity index is 709. The van der Waals surface area contributed by atoms with Crippen molar-refractivity contribution in [1.29, 1.82) is 0 Å². The summed E-state index contributed by atoms with van der Waals surface area (Å²) < 4.78 is 21.5. The molecule has 0 aliphatic rings. The molecule has 0 fully saturated rings. The van der Waals surface area contributed by atoms with E-state index in [1.807, 2.05) is 0 Å². The van der Waals surface area contributed by atoms with Gasteiger partial charge in [-0.05, 0) is 25.8 Å². The number of amides is 4. The van der Waals surface area contributed by atoms with Crippen LogP contribution in [0.3, 0.4) is 0 Å². The van der Waals surface area contributed by atoms with E-state index in [-0.39, 0.29) is 55.9 Å². The minimum absolute atomic E-state index is 0.0557. The molecule has 0 aliphatic heterocycles. The maximum Gasteiger partial charge on any atom is 0.239 e. The molecular weight excluding hydrogens is 514 g/mol. The number of rotatable bonds is 27. The van der Waals surface area contributed by atoms with Crippen LogP contribution in [0.1, 0.15) is 51.9 Å². The first kappa shape index (κ1) is 36.4. The Labute approximate surface area is 230 Å². The summed E-state index contributed by atoms with van der Waals surface area (Å²) in [5, 5.41) is 7.75. The van der Waals surface area contributed by atoms with Crippen molar-refractivity contribution in [3.63, 3.8) is 0 Å². The lowest BCUT2D eigenvalue weighted by Crippen LogP contribution is -2.44. The number of ether oxygens (including phenoxy) is 4. The number of hydrogen-bond acceptors (Lipinski definition) is 10. The molecule has 0 aliphatic carbocycles. The standard InChI is InChI=1S/C25H47N5O9/c1-2-22(32)29-19-20(31)6-7-23(33)28-10-12-37-14-16-39-18-17-38-15-13-36-11-8-24(34)30-21(25(27)35)5-3-4-9-26/h21H,2-19,26H2,1H3,(H2,27,35)(H,28,33)(H,29,32)(H,30,34).